The highest BCUT2D eigenvalue weighted by Crippen LogP contribution is 2.42. The van der Waals surface area contributed by atoms with E-state index in [0.717, 1.165) is 38.2 Å². The van der Waals surface area contributed by atoms with Crippen molar-refractivity contribution in [1.82, 2.24) is 9.80 Å². The lowest BCUT2D eigenvalue weighted by molar-refractivity contribution is 0.0548. The van der Waals surface area contributed by atoms with Gasteiger partial charge in [0.2, 0.25) is 0 Å². The van der Waals surface area contributed by atoms with Gasteiger partial charge in [-0.15, -0.1) is 0 Å². The number of phenols is 1. The lowest BCUT2D eigenvalue weighted by Crippen LogP contribution is -2.55. The molecule has 3 atom stereocenters. The van der Waals surface area contributed by atoms with Crippen molar-refractivity contribution in [2.75, 3.05) is 33.2 Å². The summed E-state index contributed by atoms with van der Waals surface area (Å²) >= 11 is 0. The van der Waals surface area contributed by atoms with Crippen molar-refractivity contribution in [3.63, 3.8) is 0 Å². The first-order valence-corrected chi connectivity index (χ1v) is 10.6. The van der Waals surface area contributed by atoms with Gasteiger partial charge in [0.05, 0.1) is 0 Å². The van der Waals surface area contributed by atoms with Gasteiger partial charge in [-0.3, -0.25) is 4.90 Å². The third-order valence-corrected chi connectivity index (χ3v) is 6.51. The summed E-state index contributed by atoms with van der Waals surface area (Å²) in [6.45, 7) is 16.3. The van der Waals surface area contributed by atoms with Crippen molar-refractivity contribution >= 4 is 0 Å². The highest BCUT2D eigenvalue weighted by Gasteiger charge is 2.42. The van der Waals surface area contributed by atoms with Gasteiger partial charge in [0.1, 0.15) is 11.5 Å². The number of hydrogen-bond donors (Lipinski definition) is 2. The van der Waals surface area contributed by atoms with E-state index in [-0.39, 0.29) is 11.2 Å². The molecule has 1 saturated heterocycles. The molecule has 4 nitrogen and oxygen atoms in total. The summed E-state index contributed by atoms with van der Waals surface area (Å²) in [7, 11) is 2.22. The Morgan fingerprint density at radius 1 is 1.41 bits per heavy atom. The Labute approximate surface area is 176 Å². The highest BCUT2D eigenvalue weighted by atomic mass is 16.3. The molecule has 2 rings (SSSR count). The summed E-state index contributed by atoms with van der Waals surface area (Å²) in [6, 6.07) is 8.21. The number of benzene rings is 1. The van der Waals surface area contributed by atoms with E-state index in [2.05, 4.69) is 57.2 Å². The molecule has 0 aliphatic carbocycles. The molecule has 2 unspecified atom stereocenters. The van der Waals surface area contributed by atoms with E-state index in [1.54, 1.807) is 18.2 Å². The van der Waals surface area contributed by atoms with Gasteiger partial charge in [-0.25, -0.2) is 0 Å². The van der Waals surface area contributed by atoms with Crippen LogP contribution in [0.2, 0.25) is 0 Å². The second kappa shape index (κ2) is 10.1. The molecule has 1 aliphatic heterocycles. The van der Waals surface area contributed by atoms with Gasteiger partial charge >= 0.3 is 0 Å². The van der Waals surface area contributed by atoms with Crippen LogP contribution in [0.1, 0.15) is 39.7 Å². The van der Waals surface area contributed by atoms with Crippen molar-refractivity contribution < 1.29 is 10.2 Å². The lowest BCUT2D eigenvalue weighted by atomic mass is 9.66. The predicted molar refractivity (Wildman–Crippen MR) is 122 cm³/mol. The molecule has 1 aromatic rings. The molecule has 29 heavy (non-hydrogen) atoms. The molecule has 160 valence electrons. The normalized spacial score (nSPS) is 26.7. The van der Waals surface area contributed by atoms with Crippen LogP contribution in [-0.4, -0.2) is 59.3 Å². The molecular formula is C25H38N2O2. The molecule has 1 aromatic carbocycles. The average molecular weight is 399 g/mol. The van der Waals surface area contributed by atoms with E-state index < -0.39 is 0 Å². The van der Waals surface area contributed by atoms with Crippen LogP contribution in [0.4, 0.5) is 0 Å². The average Bonchev–Trinajstić information content (AvgIpc) is 2.65. The zero-order chi connectivity index (χ0) is 21.6. The number of hydrogen-bond acceptors (Lipinski definition) is 4. The van der Waals surface area contributed by atoms with Crippen LogP contribution in [0, 0.1) is 5.92 Å². The molecule has 0 radical (unpaired) electrons. The number of likely N-dealkylation sites (N-methyl/N-ethyl adjacent to an activating group) is 2. The van der Waals surface area contributed by atoms with Crippen molar-refractivity contribution in [1.29, 1.82) is 0 Å². The van der Waals surface area contributed by atoms with Crippen molar-refractivity contribution in [2.24, 2.45) is 5.92 Å². The van der Waals surface area contributed by atoms with Crippen molar-refractivity contribution in [3.05, 3.63) is 66.0 Å². The number of piperidine rings is 1. The Balaban J connectivity index is 2.15. The van der Waals surface area contributed by atoms with Gasteiger partial charge in [-0.05, 0) is 68.1 Å². The minimum atomic E-state index is 0.0329. The monoisotopic (exact) mass is 398 g/mol. The third kappa shape index (κ3) is 5.97. The second-order valence-electron chi connectivity index (χ2n) is 8.81. The summed E-state index contributed by atoms with van der Waals surface area (Å²) in [5.41, 5.74) is 2.39. The first kappa shape index (κ1) is 23.2. The lowest BCUT2D eigenvalue weighted by Gasteiger charge is -2.49. The summed E-state index contributed by atoms with van der Waals surface area (Å²) in [4.78, 5) is 4.92. The molecule has 0 bridgehead atoms. The van der Waals surface area contributed by atoms with Crippen LogP contribution in [0.25, 0.3) is 0 Å². The Morgan fingerprint density at radius 2 is 2.14 bits per heavy atom. The fourth-order valence-corrected chi connectivity index (χ4v) is 4.52. The summed E-state index contributed by atoms with van der Waals surface area (Å²) in [6.07, 6.45) is 6.07. The molecule has 0 saturated carbocycles. The van der Waals surface area contributed by atoms with Crippen LogP contribution in [-0.2, 0) is 5.41 Å². The maximum absolute atomic E-state index is 10.00. The second-order valence-corrected chi connectivity index (χ2v) is 8.81. The zero-order valence-corrected chi connectivity index (χ0v) is 18.7. The van der Waals surface area contributed by atoms with Gasteiger partial charge in [-0.2, -0.15) is 0 Å². The highest BCUT2D eigenvalue weighted by molar-refractivity contribution is 5.34. The maximum Gasteiger partial charge on any atom is 0.115 e. The van der Waals surface area contributed by atoms with E-state index >= 15 is 0 Å². The molecule has 0 spiro atoms. The number of rotatable bonds is 8. The fourth-order valence-electron chi connectivity index (χ4n) is 4.52. The number of aromatic hydroxyl groups is 1. The van der Waals surface area contributed by atoms with Crippen LogP contribution in [0.15, 0.2) is 60.4 Å². The van der Waals surface area contributed by atoms with Gasteiger partial charge in [0.25, 0.3) is 0 Å². The zero-order valence-electron chi connectivity index (χ0n) is 18.7. The Hall–Kier alpha value is -2.04. The van der Waals surface area contributed by atoms with Gasteiger partial charge in [0.15, 0.2) is 0 Å². The number of allylic oxidation sites excluding steroid dienone is 3. The minimum absolute atomic E-state index is 0.0329. The minimum Gasteiger partial charge on any atom is -0.508 e. The molecule has 1 fully saturated rings. The predicted octanol–water partition coefficient (Wildman–Crippen LogP) is 4.89. The Morgan fingerprint density at radius 3 is 2.76 bits per heavy atom. The summed E-state index contributed by atoms with van der Waals surface area (Å²) < 4.78 is 0. The molecule has 4 heteroatoms. The van der Waals surface area contributed by atoms with E-state index in [0.29, 0.717) is 17.7 Å². The number of likely N-dealkylation sites (tertiary alicyclic amines) is 1. The number of phenolic OH excluding ortho intramolecular Hbond substituents is 1. The third-order valence-electron chi connectivity index (χ3n) is 6.51. The molecule has 0 amide bonds. The Kier molecular flexibility index (Phi) is 8.12. The van der Waals surface area contributed by atoms with Gasteiger partial charge < -0.3 is 15.1 Å². The SMILES string of the molecule is C=C/C=C(O)\C=C(/C)CN(CC)CC1C[C@@](C)(c2cccc(O)c2)C(C)CN1C. The van der Waals surface area contributed by atoms with E-state index in [4.69, 9.17) is 0 Å². The number of aliphatic hydroxyl groups is 1. The topological polar surface area (TPSA) is 46.9 Å². The smallest absolute Gasteiger partial charge is 0.115 e. The fraction of sp³-hybridized carbons (Fsp3) is 0.520. The standard InChI is InChI=1S/C25H38N2O2/c1-7-10-23(28)13-19(3)16-27(8-2)18-22-15-25(5,20(4)17-26(22)6)21-11-9-12-24(29)14-21/h7,9-14,20,22,28-29H,1,8,15-18H2,2-6H3/b19-13+,23-10+/t20?,22?,25-/m1/s1. The number of nitrogens with zero attached hydrogens (tertiary/aromatic N) is 2. The largest absolute Gasteiger partial charge is 0.508 e. The molecule has 1 aliphatic rings. The van der Waals surface area contributed by atoms with Gasteiger partial charge in [0, 0.05) is 25.7 Å². The van der Waals surface area contributed by atoms with Gasteiger partial charge in [-0.1, -0.05) is 51.1 Å². The van der Waals surface area contributed by atoms with Crippen LogP contribution < -0.4 is 0 Å². The van der Waals surface area contributed by atoms with E-state index in [1.165, 1.54) is 5.56 Å². The van der Waals surface area contributed by atoms with Crippen molar-refractivity contribution in [3.8, 4) is 5.75 Å². The maximum atomic E-state index is 10.00. The molecule has 2 N–H and O–H groups in total. The molecular weight excluding hydrogens is 360 g/mol. The van der Waals surface area contributed by atoms with E-state index in [9.17, 15) is 10.2 Å². The molecule has 0 aromatic heterocycles. The Bertz CT molecular complexity index is 755. The first-order valence-electron chi connectivity index (χ1n) is 10.6. The number of aliphatic hydroxyl groups excluding tert-OH is 1. The first-order chi connectivity index (χ1) is 13.7. The van der Waals surface area contributed by atoms with Crippen LogP contribution in [0.3, 0.4) is 0 Å². The van der Waals surface area contributed by atoms with E-state index in [1.807, 2.05) is 18.2 Å². The van der Waals surface area contributed by atoms with Crippen LogP contribution >= 0.6 is 0 Å². The van der Waals surface area contributed by atoms with Crippen molar-refractivity contribution in [2.45, 2.75) is 45.6 Å². The van der Waals surface area contributed by atoms with Crippen LogP contribution in [0.5, 0.6) is 5.75 Å². The summed E-state index contributed by atoms with van der Waals surface area (Å²) in [5.74, 6) is 1.09. The quantitative estimate of drug-likeness (QED) is 0.484. The molecule has 1 heterocycles. The summed E-state index contributed by atoms with van der Waals surface area (Å²) in [5, 5.41) is 19.9.